The van der Waals surface area contributed by atoms with Gasteiger partial charge in [0.25, 0.3) is 5.91 Å². The number of furan rings is 1. The zero-order valence-electron chi connectivity index (χ0n) is 15.6. The van der Waals surface area contributed by atoms with Gasteiger partial charge in [-0.2, -0.15) is 5.10 Å². The van der Waals surface area contributed by atoms with Gasteiger partial charge in [0.1, 0.15) is 15.8 Å². The first kappa shape index (κ1) is 19.0. The van der Waals surface area contributed by atoms with Gasteiger partial charge in [0, 0.05) is 11.8 Å². The predicted molar refractivity (Wildman–Crippen MR) is 124 cm³/mol. The highest BCUT2D eigenvalue weighted by atomic mass is 32.2. The van der Waals surface area contributed by atoms with Crippen molar-refractivity contribution in [3.05, 3.63) is 88.7 Å². The van der Waals surface area contributed by atoms with Gasteiger partial charge in [0.15, 0.2) is 0 Å². The molecule has 1 aliphatic heterocycles. The summed E-state index contributed by atoms with van der Waals surface area (Å²) in [5.74, 6) is 0.578. The zero-order valence-corrected chi connectivity index (χ0v) is 18.0. The molecule has 0 unspecified atom stereocenters. The maximum Gasteiger partial charge on any atom is 0.266 e. The van der Waals surface area contributed by atoms with Gasteiger partial charge in [0.2, 0.25) is 0 Å². The fraction of sp³-hybridized carbons (Fsp3) is 0.0455. The number of hydrogen-bond acceptors (Lipinski definition) is 6. The smallest absolute Gasteiger partial charge is 0.266 e. The van der Waals surface area contributed by atoms with Crippen LogP contribution < -0.4 is 0 Å². The Bertz CT molecular complexity index is 1230. The molecular weight excluding hydrogens is 434 g/mol. The minimum absolute atomic E-state index is 0.119. The number of hydrogen-bond donors (Lipinski definition) is 0. The third-order valence-corrected chi connectivity index (χ3v) is 6.83. The average Bonchev–Trinajstić information content (AvgIpc) is 3.55. The number of carbonyl (C=O) groups excluding carboxylic acids is 1. The molecule has 1 aliphatic rings. The van der Waals surface area contributed by atoms with Crippen molar-refractivity contribution in [3.63, 3.8) is 0 Å². The first-order valence-electron chi connectivity index (χ1n) is 9.16. The molecule has 148 valence electrons. The highest BCUT2D eigenvalue weighted by Gasteiger charge is 2.33. The fourth-order valence-electron chi connectivity index (χ4n) is 3.15. The minimum Gasteiger partial charge on any atom is -0.467 e. The van der Waals surface area contributed by atoms with E-state index in [0.29, 0.717) is 21.5 Å². The van der Waals surface area contributed by atoms with Crippen LogP contribution in [0.5, 0.6) is 0 Å². The summed E-state index contributed by atoms with van der Waals surface area (Å²) in [6.45, 7) is 0.329. The largest absolute Gasteiger partial charge is 0.467 e. The van der Waals surface area contributed by atoms with Gasteiger partial charge in [-0.05, 0) is 41.8 Å². The van der Waals surface area contributed by atoms with Crippen molar-refractivity contribution in [2.75, 3.05) is 0 Å². The summed E-state index contributed by atoms with van der Waals surface area (Å²) >= 11 is 8.36. The molecular formula is C22H15N3O2S3. The Morgan fingerprint density at radius 2 is 1.97 bits per heavy atom. The van der Waals surface area contributed by atoms with E-state index in [1.54, 1.807) is 28.6 Å². The van der Waals surface area contributed by atoms with E-state index in [0.717, 1.165) is 21.8 Å². The summed E-state index contributed by atoms with van der Waals surface area (Å²) in [4.78, 5) is 16.2. The molecule has 5 nitrogen and oxygen atoms in total. The molecule has 1 fully saturated rings. The number of benzene rings is 1. The van der Waals surface area contributed by atoms with Crippen LogP contribution in [0.25, 0.3) is 22.3 Å². The molecule has 0 N–H and O–H groups in total. The summed E-state index contributed by atoms with van der Waals surface area (Å²) in [5, 5.41) is 6.81. The topological polar surface area (TPSA) is 51.3 Å². The van der Waals surface area contributed by atoms with Crippen LogP contribution >= 0.6 is 35.3 Å². The highest BCUT2D eigenvalue weighted by molar-refractivity contribution is 8.26. The molecule has 0 spiro atoms. The Morgan fingerprint density at radius 1 is 1.10 bits per heavy atom. The number of thiocarbonyl (C=S) groups is 1. The molecule has 30 heavy (non-hydrogen) atoms. The van der Waals surface area contributed by atoms with Crippen LogP contribution in [0.15, 0.2) is 81.8 Å². The van der Waals surface area contributed by atoms with Crippen molar-refractivity contribution >= 4 is 51.6 Å². The third kappa shape index (κ3) is 3.65. The van der Waals surface area contributed by atoms with Crippen LogP contribution in [0.3, 0.4) is 0 Å². The van der Waals surface area contributed by atoms with Gasteiger partial charge in [-0.3, -0.25) is 9.69 Å². The Morgan fingerprint density at radius 3 is 2.70 bits per heavy atom. The quantitative estimate of drug-likeness (QED) is 0.293. The number of para-hydroxylation sites is 1. The second-order valence-electron chi connectivity index (χ2n) is 6.54. The lowest BCUT2D eigenvalue weighted by Crippen LogP contribution is -2.27. The minimum atomic E-state index is -0.119. The van der Waals surface area contributed by atoms with Crippen LogP contribution in [0.1, 0.15) is 11.3 Å². The van der Waals surface area contributed by atoms with Crippen molar-refractivity contribution in [2.45, 2.75) is 6.54 Å². The predicted octanol–water partition coefficient (Wildman–Crippen LogP) is 5.60. The average molecular weight is 450 g/mol. The van der Waals surface area contributed by atoms with E-state index >= 15 is 0 Å². The van der Waals surface area contributed by atoms with Crippen LogP contribution in [0.2, 0.25) is 0 Å². The number of thiophene rings is 1. The van der Waals surface area contributed by atoms with E-state index in [9.17, 15) is 4.79 Å². The number of rotatable bonds is 5. The van der Waals surface area contributed by atoms with Crippen molar-refractivity contribution < 1.29 is 9.21 Å². The molecule has 0 bridgehead atoms. The molecule has 3 aromatic heterocycles. The van der Waals surface area contributed by atoms with Gasteiger partial charge < -0.3 is 4.42 Å². The van der Waals surface area contributed by atoms with Gasteiger partial charge >= 0.3 is 0 Å². The van der Waals surface area contributed by atoms with E-state index in [4.69, 9.17) is 21.7 Å². The summed E-state index contributed by atoms with van der Waals surface area (Å²) in [5.41, 5.74) is 2.67. The lowest BCUT2D eigenvalue weighted by molar-refractivity contribution is -0.122. The van der Waals surface area contributed by atoms with Gasteiger partial charge in [-0.1, -0.05) is 48.2 Å². The number of carbonyl (C=O) groups is 1. The summed E-state index contributed by atoms with van der Waals surface area (Å²) < 4.78 is 7.73. The van der Waals surface area contributed by atoms with Crippen LogP contribution in [0.4, 0.5) is 0 Å². The van der Waals surface area contributed by atoms with Crippen LogP contribution in [-0.4, -0.2) is 24.9 Å². The monoisotopic (exact) mass is 449 g/mol. The normalized spacial score (nSPS) is 15.5. The van der Waals surface area contributed by atoms with E-state index in [2.05, 4.69) is 0 Å². The van der Waals surface area contributed by atoms with Crippen LogP contribution in [-0.2, 0) is 11.3 Å². The maximum absolute atomic E-state index is 13.0. The Hall–Kier alpha value is -2.94. The molecule has 1 saturated heterocycles. The number of aromatic nitrogens is 2. The third-order valence-electron chi connectivity index (χ3n) is 4.57. The number of nitrogens with zero attached hydrogens (tertiary/aromatic N) is 3. The second-order valence-corrected chi connectivity index (χ2v) is 9.16. The SMILES string of the molecule is O=C1/C(=C\c2cn(-c3ccccc3)nc2-c2cccs2)SC(=S)N1Cc1ccco1. The molecule has 4 heterocycles. The van der Waals surface area contributed by atoms with Crippen LogP contribution in [0, 0.1) is 0 Å². The molecule has 4 aromatic rings. The first-order valence-corrected chi connectivity index (χ1v) is 11.3. The van der Waals surface area contributed by atoms with E-state index in [1.807, 2.05) is 70.9 Å². The van der Waals surface area contributed by atoms with Gasteiger partial charge in [-0.15, -0.1) is 11.3 Å². The molecule has 0 aliphatic carbocycles. The molecule has 5 rings (SSSR count). The van der Waals surface area contributed by atoms with Gasteiger partial charge in [0.05, 0.1) is 28.3 Å². The molecule has 0 atom stereocenters. The summed E-state index contributed by atoms with van der Waals surface area (Å²) in [6, 6.07) is 17.6. The Kier molecular flexibility index (Phi) is 5.12. The second kappa shape index (κ2) is 8.06. The van der Waals surface area contributed by atoms with E-state index < -0.39 is 0 Å². The fourth-order valence-corrected chi connectivity index (χ4v) is 5.12. The van der Waals surface area contributed by atoms with Crippen molar-refractivity contribution in [2.24, 2.45) is 0 Å². The van der Waals surface area contributed by atoms with Crippen molar-refractivity contribution in [3.8, 4) is 16.3 Å². The van der Waals surface area contributed by atoms with Gasteiger partial charge in [-0.25, -0.2) is 4.68 Å². The van der Waals surface area contributed by atoms with E-state index in [1.165, 1.54) is 11.8 Å². The number of amides is 1. The zero-order chi connectivity index (χ0) is 20.5. The lowest BCUT2D eigenvalue weighted by atomic mass is 10.2. The lowest BCUT2D eigenvalue weighted by Gasteiger charge is -2.11. The van der Waals surface area contributed by atoms with E-state index in [-0.39, 0.29) is 5.91 Å². The number of thioether (sulfide) groups is 1. The molecule has 1 aromatic carbocycles. The summed E-state index contributed by atoms with van der Waals surface area (Å²) in [7, 11) is 0. The Labute approximate surface area is 186 Å². The van der Waals surface area contributed by atoms with Crippen molar-refractivity contribution in [1.29, 1.82) is 0 Å². The highest BCUT2D eigenvalue weighted by Crippen LogP contribution is 2.36. The first-order chi connectivity index (χ1) is 14.7. The molecule has 0 saturated carbocycles. The Balaban J connectivity index is 1.52. The molecule has 8 heteroatoms. The van der Waals surface area contributed by atoms with Crippen molar-refractivity contribution in [1.82, 2.24) is 14.7 Å². The maximum atomic E-state index is 13.0. The molecule has 1 amide bonds. The standard InChI is InChI=1S/C22H15N3O2S3/c26-21-19(30-22(28)24(21)14-17-8-4-10-27-17)12-15-13-25(16-6-2-1-3-7-16)23-20(15)18-9-5-11-29-18/h1-13H,14H2/b19-12+. The molecule has 0 radical (unpaired) electrons. The summed E-state index contributed by atoms with van der Waals surface area (Å²) in [6.07, 6.45) is 5.42.